The quantitative estimate of drug-likeness (QED) is 0.788. The van der Waals surface area contributed by atoms with Gasteiger partial charge in [-0.3, -0.25) is 4.79 Å². The van der Waals surface area contributed by atoms with Gasteiger partial charge in [-0.1, -0.05) is 13.8 Å². The zero-order valence-corrected chi connectivity index (χ0v) is 10.8. The van der Waals surface area contributed by atoms with Gasteiger partial charge in [0.1, 0.15) is 0 Å². The fourth-order valence-electron chi connectivity index (χ4n) is 2.35. The largest absolute Gasteiger partial charge is 0.481 e. The van der Waals surface area contributed by atoms with Gasteiger partial charge in [0.25, 0.3) is 0 Å². The number of hydrogen-bond acceptors (Lipinski definition) is 2. The number of rotatable bonds is 4. The number of hydrogen-bond donors (Lipinski definition) is 2. The van der Waals surface area contributed by atoms with E-state index in [0.717, 1.165) is 13.0 Å². The zero-order valence-electron chi connectivity index (χ0n) is 10.8. The molecule has 0 aromatic heterocycles. The van der Waals surface area contributed by atoms with E-state index in [9.17, 15) is 9.59 Å². The van der Waals surface area contributed by atoms with Crippen molar-refractivity contribution < 1.29 is 14.7 Å². The van der Waals surface area contributed by atoms with Gasteiger partial charge in [0.2, 0.25) is 0 Å². The lowest BCUT2D eigenvalue weighted by atomic mass is 10.1. The van der Waals surface area contributed by atoms with Crippen LogP contribution in [0.15, 0.2) is 0 Å². The summed E-state index contributed by atoms with van der Waals surface area (Å²) in [4.78, 5) is 24.4. The minimum Gasteiger partial charge on any atom is -0.481 e. The van der Waals surface area contributed by atoms with Gasteiger partial charge < -0.3 is 15.3 Å². The molecule has 1 fully saturated rings. The SMILES string of the molecule is CCC(CC(=O)O)NC(=O)N1CC(C)CC1C. The number of carboxylic acid groups (broad SMARTS) is 1. The van der Waals surface area contributed by atoms with Gasteiger partial charge in [-0.15, -0.1) is 0 Å². The molecule has 1 saturated heterocycles. The van der Waals surface area contributed by atoms with Crippen LogP contribution < -0.4 is 5.32 Å². The standard InChI is InChI=1S/C12H22N2O3/c1-4-10(6-11(15)16)13-12(17)14-7-8(2)5-9(14)3/h8-10H,4-7H2,1-3H3,(H,13,17)(H,15,16). The Morgan fingerprint density at radius 1 is 1.47 bits per heavy atom. The van der Waals surface area contributed by atoms with Crippen LogP contribution in [0.3, 0.4) is 0 Å². The topological polar surface area (TPSA) is 69.6 Å². The number of urea groups is 1. The Kier molecular flexibility index (Phi) is 4.78. The maximum atomic E-state index is 12.0. The number of carbonyl (C=O) groups is 2. The van der Waals surface area contributed by atoms with Gasteiger partial charge in [0.05, 0.1) is 6.42 Å². The van der Waals surface area contributed by atoms with Crippen molar-refractivity contribution in [3.63, 3.8) is 0 Å². The number of carbonyl (C=O) groups excluding carboxylic acids is 1. The predicted molar refractivity (Wildman–Crippen MR) is 64.8 cm³/mol. The van der Waals surface area contributed by atoms with Gasteiger partial charge in [0, 0.05) is 18.6 Å². The molecular formula is C12H22N2O3. The molecular weight excluding hydrogens is 220 g/mol. The first kappa shape index (κ1) is 13.8. The molecule has 0 radical (unpaired) electrons. The zero-order chi connectivity index (χ0) is 13.0. The molecule has 3 atom stereocenters. The van der Waals surface area contributed by atoms with Gasteiger partial charge >= 0.3 is 12.0 Å². The number of nitrogens with one attached hydrogen (secondary N) is 1. The van der Waals surface area contributed by atoms with Crippen LogP contribution in [0.4, 0.5) is 4.79 Å². The molecule has 3 unspecified atom stereocenters. The average Bonchev–Trinajstić information content (AvgIpc) is 2.56. The lowest BCUT2D eigenvalue weighted by Gasteiger charge is -2.25. The highest BCUT2D eigenvalue weighted by atomic mass is 16.4. The molecule has 1 rings (SSSR count). The third kappa shape index (κ3) is 3.91. The van der Waals surface area contributed by atoms with Crippen LogP contribution in [-0.4, -0.2) is 40.6 Å². The molecule has 1 aliphatic rings. The van der Waals surface area contributed by atoms with Crippen molar-refractivity contribution in [2.75, 3.05) is 6.54 Å². The summed E-state index contributed by atoms with van der Waals surface area (Å²) in [7, 11) is 0. The maximum Gasteiger partial charge on any atom is 0.317 e. The maximum absolute atomic E-state index is 12.0. The first-order valence-corrected chi connectivity index (χ1v) is 6.23. The Hall–Kier alpha value is -1.26. The summed E-state index contributed by atoms with van der Waals surface area (Å²) in [6.45, 7) is 6.79. The average molecular weight is 242 g/mol. The summed E-state index contributed by atoms with van der Waals surface area (Å²) >= 11 is 0. The number of nitrogens with zero attached hydrogens (tertiary/aromatic N) is 1. The molecule has 1 heterocycles. The van der Waals surface area contributed by atoms with E-state index in [4.69, 9.17) is 5.11 Å². The van der Waals surface area contributed by atoms with Crippen LogP contribution in [0.1, 0.15) is 40.0 Å². The summed E-state index contributed by atoms with van der Waals surface area (Å²) in [6.07, 6.45) is 1.64. The highest BCUT2D eigenvalue weighted by molar-refractivity contribution is 5.76. The first-order chi connectivity index (χ1) is 7.93. The van der Waals surface area contributed by atoms with E-state index >= 15 is 0 Å². The fourth-order valence-corrected chi connectivity index (χ4v) is 2.35. The van der Waals surface area contributed by atoms with Gasteiger partial charge in [-0.05, 0) is 25.7 Å². The van der Waals surface area contributed by atoms with Gasteiger partial charge in [-0.25, -0.2) is 4.79 Å². The smallest absolute Gasteiger partial charge is 0.317 e. The lowest BCUT2D eigenvalue weighted by Crippen LogP contribution is -2.46. The Labute approximate surface area is 102 Å². The number of likely N-dealkylation sites (tertiary alicyclic amines) is 1. The second-order valence-corrected chi connectivity index (χ2v) is 4.99. The molecule has 5 nitrogen and oxygen atoms in total. The molecule has 98 valence electrons. The van der Waals surface area contributed by atoms with E-state index in [-0.39, 0.29) is 24.5 Å². The Morgan fingerprint density at radius 2 is 2.12 bits per heavy atom. The molecule has 2 amide bonds. The van der Waals surface area contributed by atoms with E-state index in [1.165, 1.54) is 0 Å². The predicted octanol–water partition coefficient (Wildman–Crippen LogP) is 1.68. The van der Waals surface area contributed by atoms with Crippen LogP contribution >= 0.6 is 0 Å². The van der Waals surface area contributed by atoms with Crippen LogP contribution in [0.2, 0.25) is 0 Å². The second-order valence-electron chi connectivity index (χ2n) is 4.99. The molecule has 0 spiro atoms. The molecule has 0 bridgehead atoms. The van der Waals surface area contributed by atoms with Crippen molar-refractivity contribution in [1.82, 2.24) is 10.2 Å². The minimum atomic E-state index is -0.875. The first-order valence-electron chi connectivity index (χ1n) is 6.23. The number of carboxylic acids is 1. The van der Waals surface area contributed by atoms with Gasteiger partial charge in [-0.2, -0.15) is 0 Å². The van der Waals surface area contributed by atoms with Crippen molar-refractivity contribution in [1.29, 1.82) is 0 Å². The van der Waals surface area contributed by atoms with Crippen molar-refractivity contribution in [2.24, 2.45) is 5.92 Å². The van der Waals surface area contributed by atoms with Crippen molar-refractivity contribution >= 4 is 12.0 Å². The number of aliphatic carboxylic acids is 1. The molecule has 0 aromatic rings. The Balaban J connectivity index is 2.50. The lowest BCUT2D eigenvalue weighted by molar-refractivity contribution is -0.137. The van der Waals surface area contributed by atoms with Crippen LogP contribution in [0.5, 0.6) is 0 Å². The van der Waals surface area contributed by atoms with E-state index in [0.29, 0.717) is 12.3 Å². The minimum absolute atomic E-state index is 0.0139. The summed E-state index contributed by atoms with van der Waals surface area (Å²) in [5.41, 5.74) is 0. The van der Waals surface area contributed by atoms with Crippen LogP contribution in [-0.2, 0) is 4.79 Å². The molecule has 2 N–H and O–H groups in total. The molecule has 1 aliphatic heterocycles. The van der Waals surface area contributed by atoms with E-state index < -0.39 is 5.97 Å². The Morgan fingerprint density at radius 3 is 2.53 bits per heavy atom. The van der Waals surface area contributed by atoms with E-state index in [1.807, 2.05) is 13.8 Å². The van der Waals surface area contributed by atoms with Crippen molar-refractivity contribution in [2.45, 2.75) is 52.1 Å². The fraction of sp³-hybridized carbons (Fsp3) is 0.833. The number of amides is 2. The normalized spacial score (nSPS) is 25.7. The molecule has 0 aromatic carbocycles. The van der Waals surface area contributed by atoms with Gasteiger partial charge in [0.15, 0.2) is 0 Å². The van der Waals surface area contributed by atoms with Crippen molar-refractivity contribution in [3.05, 3.63) is 0 Å². The summed E-state index contributed by atoms with van der Waals surface area (Å²) in [5, 5.41) is 11.5. The molecule has 0 aliphatic carbocycles. The van der Waals surface area contributed by atoms with E-state index in [2.05, 4.69) is 12.2 Å². The summed E-state index contributed by atoms with van der Waals surface area (Å²) in [5.74, 6) is -0.352. The van der Waals surface area contributed by atoms with Crippen LogP contribution in [0.25, 0.3) is 0 Å². The summed E-state index contributed by atoms with van der Waals surface area (Å²) in [6, 6.07) is -0.162. The Bertz CT molecular complexity index is 293. The second kappa shape index (κ2) is 5.89. The molecule has 17 heavy (non-hydrogen) atoms. The highest BCUT2D eigenvalue weighted by Crippen LogP contribution is 2.22. The van der Waals surface area contributed by atoms with Crippen molar-refractivity contribution in [3.8, 4) is 0 Å². The summed E-state index contributed by atoms with van der Waals surface area (Å²) < 4.78 is 0. The molecule has 0 saturated carbocycles. The third-order valence-electron chi connectivity index (χ3n) is 3.29. The molecule has 5 heteroatoms. The highest BCUT2D eigenvalue weighted by Gasteiger charge is 2.30. The van der Waals surface area contributed by atoms with Crippen LogP contribution in [0, 0.1) is 5.92 Å². The monoisotopic (exact) mass is 242 g/mol. The van der Waals surface area contributed by atoms with E-state index in [1.54, 1.807) is 4.90 Å². The third-order valence-corrected chi connectivity index (χ3v) is 3.29.